The van der Waals surface area contributed by atoms with Crippen LogP contribution in [0.2, 0.25) is 0 Å². The fourth-order valence-corrected chi connectivity index (χ4v) is 2.20. The second kappa shape index (κ2) is 5.44. The number of anilines is 2. The van der Waals surface area contributed by atoms with Crippen molar-refractivity contribution in [2.24, 2.45) is 0 Å². The Morgan fingerprint density at radius 2 is 1.37 bits per heavy atom. The van der Waals surface area contributed by atoms with Gasteiger partial charge in [0, 0.05) is 5.92 Å². The van der Waals surface area contributed by atoms with Crippen LogP contribution < -0.4 is 10.9 Å². The second-order valence-corrected chi connectivity index (χ2v) is 4.50. The standard InChI is InChI=1S/C17H16N2/c1-2-10-15(11-3-1)18-19-17-13-7-6-12-16(17)14-8-4-5-9-14/h1-14,18-19H. The van der Waals surface area contributed by atoms with Gasteiger partial charge in [-0.2, -0.15) is 0 Å². The fourth-order valence-electron chi connectivity index (χ4n) is 2.20. The first-order valence-corrected chi connectivity index (χ1v) is 6.44. The van der Waals surface area contributed by atoms with Crippen LogP contribution in [0.4, 0.5) is 11.4 Å². The highest BCUT2D eigenvalue weighted by Gasteiger charge is 2.11. The average Bonchev–Trinajstić information content (AvgIpc) is 3.01. The number of hydrogen-bond donors (Lipinski definition) is 2. The van der Waals surface area contributed by atoms with Crippen LogP contribution in [0, 0.1) is 0 Å². The van der Waals surface area contributed by atoms with Crippen molar-refractivity contribution in [1.29, 1.82) is 0 Å². The van der Waals surface area contributed by atoms with E-state index in [1.807, 2.05) is 36.4 Å². The van der Waals surface area contributed by atoms with E-state index in [-0.39, 0.29) is 0 Å². The molecule has 0 bridgehead atoms. The van der Waals surface area contributed by atoms with E-state index in [0.717, 1.165) is 11.4 Å². The molecular formula is C17H16N2. The summed E-state index contributed by atoms with van der Waals surface area (Å²) in [5.74, 6) is 0.362. The largest absolute Gasteiger partial charge is 0.301 e. The SMILES string of the molecule is C1=CC(c2ccccc2NNc2ccccc2)C=C1. The molecule has 2 nitrogen and oxygen atoms in total. The molecule has 2 N–H and O–H groups in total. The molecule has 0 unspecified atom stereocenters. The zero-order valence-corrected chi connectivity index (χ0v) is 10.6. The van der Waals surface area contributed by atoms with Crippen molar-refractivity contribution in [1.82, 2.24) is 0 Å². The van der Waals surface area contributed by atoms with Gasteiger partial charge in [-0.3, -0.25) is 0 Å². The lowest BCUT2D eigenvalue weighted by Gasteiger charge is -2.16. The summed E-state index contributed by atoms with van der Waals surface area (Å²) in [5, 5.41) is 0. The van der Waals surface area contributed by atoms with Crippen molar-refractivity contribution in [2.75, 3.05) is 10.9 Å². The van der Waals surface area contributed by atoms with E-state index >= 15 is 0 Å². The molecule has 0 saturated heterocycles. The monoisotopic (exact) mass is 248 g/mol. The maximum Gasteiger partial charge on any atom is 0.0581 e. The van der Waals surface area contributed by atoms with Gasteiger partial charge < -0.3 is 10.9 Å². The maximum absolute atomic E-state index is 3.29. The number of para-hydroxylation sites is 2. The number of rotatable bonds is 4. The predicted octanol–water partition coefficient (Wildman–Crippen LogP) is 4.34. The van der Waals surface area contributed by atoms with Gasteiger partial charge in [-0.05, 0) is 23.8 Å². The van der Waals surface area contributed by atoms with Gasteiger partial charge in [-0.15, -0.1) is 0 Å². The third-order valence-electron chi connectivity index (χ3n) is 3.18. The summed E-state index contributed by atoms with van der Waals surface area (Å²) in [6, 6.07) is 18.5. The van der Waals surface area contributed by atoms with E-state index in [4.69, 9.17) is 0 Å². The molecule has 2 aromatic carbocycles. The molecular weight excluding hydrogens is 232 g/mol. The van der Waals surface area contributed by atoms with Crippen LogP contribution in [0.15, 0.2) is 78.9 Å². The lowest BCUT2D eigenvalue weighted by atomic mass is 9.99. The first-order valence-electron chi connectivity index (χ1n) is 6.44. The van der Waals surface area contributed by atoms with Crippen molar-refractivity contribution >= 4 is 11.4 Å². The highest BCUT2D eigenvalue weighted by atomic mass is 15.4. The zero-order chi connectivity index (χ0) is 12.9. The van der Waals surface area contributed by atoms with Gasteiger partial charge >= 0.3 is 0 Å². The molecule has 0 heterocycles. The Balaban J connectivity index is 1.77. The minimum atomic E-state index is 0.362. The molecule has 1 aliphatic carbocycles. The Bertz CT molecular complexity index is 588. The van der Waals surface area contributed by atoms with Crippen molar-refractivity contribution in [3.8, 4) is 0 Å². The van der Waals surface area contributed by atoms with Gasteiger partial charge in [0.2, 0.25) is 0 Å². The smallest absolute Gasteiger partial charge is 0.0581 e. The Hall–Kier alpha value is -2.48. The summed E-state index contributed by atoms with van der Waals surface area (Å²) in [6.45, 7) is 0. The van der Waals surface area contributed by atoms with Crippen LogP contribution in [-0.4, -0.2) is 0 Å². The average molecular weight is 248 g/mol. The molecule has 0 radical (unpaired) electrons. The molecule has 0 spiro atoms. The van der Waals surface area contributed by atoms with Gasteiger partial charge in [-0.25, -0.2) is 0 Å². The number of hydrogen-bond acceptors (Lipinski definition) is 2. The Kier molecular flexibility index (Phi) is 3.32. The van der Waals surface area contributed by atoms with Crippen LogP contribution >= 0.6 is 0 Å². The molecule has 0 saturated carbocycles. The van der Waals surface area contributed by atoms with E-state index in [1.54, 1.807) is 0 Å². The molecule has 0 aromatic heterocycles. The Labute approximate surface area is 113 Å². The molecule has 0 atom stereocenters. The summed E-state index contributed by atoms with van der Waals surface area (Å²) < 4.78 is 0. The van der Waals surface area contributed by atoms with Crippen molar-refractivity contribution in [2.45, 2.75) is 5.92 Å². The lowest BCUT2D eigenvalue weighted by molar-refractivity contribution is 1.10. The zero-order valence-electron chi connectivity index (χ0n) is 10.6. The molecule has 1 aliphatic rings. The molecule has 0 fully saturated rings. The normalized spacial score (nSPS) is 13.7. The van der Waals surface area contributed by atoms with E-state index < -0.39 is 0 Å². The van der Waals surface area contributed by atoms with E-state index in [1.165, 1.54) is 5.56 Å². The lowest BCUT2D eigenvalue weighted by Crippen LogP contribution is -2.10. The molecule has 3 rings (SSSR count). The first kappa shape index (κ1) is 11.6. The van der Waals surface area contributed by atoms with Crippen LogP contribution in [0.1, 0.15) is 11.5 Å². The quantitative estimate of drug-likeness (QED) is 0.787. The van der Waals surface area contributed by atoms with Crippen molar-refractivity contribution in [3.63, 3.8) is 0 Å². The number of nitrogens with one attached hydrogen (secondary N) is 2. The van der Waals surface area contributed by atoms with Gasteiger partial charge in [0.25, 0.3) is 0 Å². The molecule has 0 aliphatic heterocycles. The summed E-state index contributed by atoms with van der Waals surface area (Å²) in [5.41, 5.74) is 9.94. The highest BCUT2D eigenvalue weighted by molar-refractivity contribution is 5.59. The molecule has 0 amide bonds. The minimum absolute atomic E-state index is 0.362. The molecule has 2 aromatic rings. The van der Waals surface area contributed by atoms with Gasteiger partial charge in [-0.1, -0.05) is 60.7 Å². The van der Waals surface area contributed by atoms with E-state index in [9.17, 15) is 0 Å². The third kappa shape index (κ3) is 2.68. The molecule has 2 heteroatoms. The first-order chi connectivity index (χ1) is 9.43. The Morgan fingerprint density at radius 1 is 0.684 bits per heavy atom. The Morgan fingerprint density at radius 3 is 2.16 bits per heavy atom. The predicted molar refractivity (Wildman–Crippen MR) is 81.2 cm³/mol. The number of benzene rings is 2. The fraction of sp³-hybridized carbons (Fsp3) is 0.0588. The van der Waals surface area contributed by atoms with Crippen molar-refractivity contribution < 1.29 is 0 Å². The second-order valence-electron chi connectivity index (χ2n) is 4.50. The third-order valence-corrected chi connectivity index (χ3v) is 3.18. The van der Waals surface area contributed by atoms with Gasteiger partial charge in [0.1, 0.15) is 0 Å². The van der Waals surface area contributed by atoms with E-state index in [0.29, 0.717) is 5.92 Å². The molecule has 19 heavy (non-hydrogen) atoms. The number of allylic oxidation sites excluding steroid dienone is 4. The maximum atomic E-state index is 3.29. The summed E-state index contributed by atoms with van der Waals surface area (Å²) in [4.78, 5) is 0. The highest BCUT2D eigenvalue weighted by Crippen LogP contribution is 2.29. The van der Waals surface area contributed by atoms with Crippen LogP contribution in [0.25, 0.3) is 0 Å². The van der Waals surface area contributed by atoms with Crippen LogP contribution in [-0.2, 0) is 0 Å². The summed E-state index contributed by atoms with van der Waals surface area (Å²) in [7, 11) is 0. The van der Waals surface area contributed by atoms with Crippen molar-refractivity contribution in [3.05, 3.63) is 84.5 Å². The summed E-state index contributed by atoms with van der Waals surface area (Å²) in [6.07, 6.45) is 8.57. The van der Waals surface area contributed by atoms with Crippen LogP contribution in [0.3, 0.4) is 0 Å². The van der Waals surface area contributed by atoms with Crippen LogP contribution in [0.5, 0.6) is 0 Å². The number of hydrazine groups is 1. The van der Waals surface area contributed by atoms with Gasteiger partial charge in [0.15, 0.2) is 0 Å². The van der Waals surface area contributed by atoms with Gasteiger partial charge in [0.05, 0.1) is 11.4 Å². The summed E-state index contributed by atoms with van der Waals surface area (Å²) >= 11 is 0. The van der Waals surface area contributed by atoms with E-state index in [2.05, 4.69) is 53.4 Å². The molecule has 94 valence electrons. The topological polar surface area (TPSA) is 24.1 Å². The minimum Gasteiger partial charge on any atom is -0.301 e.